The SMILES string of the molecule is COC(c1ccc(NCc2ccc(C(F)(F)F)cc2)nc1)c1c[nH]c2ncccc12. The van der Waals surface area contributed by atoms with Gasteiger partial charge in [0.15, 0.2) is 0 Å². The number of halogens is 3. The standard InChI is InChI=1S/C22H19F3N4O/c1-30-20(18-13-29-21-17(18)3-2-10-26-21)15-6-9-19(28-12-15)27-11-14-4-7-16(8-5-14)22(23,24)25/h2-10,12-13,20H,11H2,1H3,(H,26,29)(H,27,28). The molecular weight excluding hydrogens is 393 g/mol. The molecule has 0 aliphatic heterocycles. The first kappa shape index (κ1) is 19.9. The molecule has 0 saturated carbocycles. The summed E-state index contributed by atoms with van der Waals surface area (Å²) < 4.78 is 43.6. The number of ether oxygens (including phenoxy) is 1. The number of rotatable bonds is 6. The molecule has 3 aromatic heterocycles. The van der Waals surface area contributed by atoms with Gasteiger partial charge < -0.3 is 15.0 Å². The summed E-state index contributed by atoms with van der Waals surface area (Å²) in [5, 5.41) is 4.10. The minimum atomic E-state index is -4.33. The Balaban J connectivity index is 1.45. The van der Waals surface area contributed by atoms with Gasteiger partial charge in [-0.3, -0.25) is 0 Å². The smallest absolute Gasteiger partial charge is 0.372 e. The number of benzene rings is 1. The Labute approximate surface area is 170 Å². The van der Waals surface area contributed by atoms with Crippen LogP contribution >= 0.6 is 0 Å². The second-order valence-electron chi connectivity index (χ2n) is 6.78. The number of aromatic nitrogens is 3. The maximum Gasteiger partial charge on any atom is 0.416 e. The fourth-order valence-electron chi connectivity index (χ4n) is 3.31. The topological polar surface area (TPSA) is 62.8 Å². The van der Waals surface area contributed by atoms with Crippen LogP contribution in [0.25, 0.3) is 11.0 Å². The zero-order valence-electron chi connectivity index (χ0n) is 16.1. The predicted octanol–water partition coefficient (Wildman–Crippen LogP) is 5.32. The number of methoxy groups -OCH3 is 1. The number of nitrogens with one attached hydrogen (secondary N) is 2. The minimum absolute atomic E-state index is 0.306. The van der Waals surface area contributed by atoms with Gasteiger partial charge in [0.25, 0.3) is 0 Å². The first-order valence-corrected chi connectivity index (χ1v) is 9.26. The van der Waals surface area contributed by atoms with Crippen LogP contribution in [0.1, 0.15) is 28.4 Å². The number of alkyl halides is 3. The molecule has 30 heavy (non-hydrogen) atoms. The van der Waals surface area contributed by atoms with Crippen LogP contribution < -0.4 is 5.32 Å². The molecule has 0 aliphatic carbocycles. The van der Waals surface area contributed by atoms with Gasteiger partial charge in [-0.25, -0.2) is 9.97 Å². The van der Waals surface area contributed by atoms with Crippen molar-refractivity contribution in [2.24, 2.45) is 0 Å². The van der Waals surface area contributed by atoms with Crippen molar-refractivity contribution in [3.63, 3.8) is 0 Å². The fraction of sp³-hybridized carbons (Fsp3) is 0.182. The zero-order valence-corrected chi connectivity index (χ0v) is 16.1. The Morgan fingerprint density at radius 1 is 1.07 bits per heavy atom. The largest absolute Gasteiger partial charge is 0.416 e. The summed E-state index contributed by atoms with van der Waals surface area (Å²) in [6.07, 6.45) is 0.686. The minimum Gasteiger partial charge on any atom is -0.372 e. The van der Waals surface area contributed by atoms with Crippen molar-refractivity contribution in [3.05, 3.63) is 89.4 Å². The Kier molecular flexibility index (Phi) is 5.41. The maximum atomic E-state index is 12.6. The average Bonchev–Trinajstić information content (AvgIpc) is 3.17. The van der Waals surface area contributed by atoms with Crippen LogP contribution in [0.2, 0.25) is 0 Å². The highest BCUT2D eigenvalue weighted by atomic mass is 19.4. The van der Waals surface area contributed by atoms with E-state index < -0.39 is 11.7 Å². The third kappa shape index (κ3) is 4.13. The molecule has 154 valence electrons. The molecule has 4 rings (SSSR count). The van der Waals surface area contributed by atoms with E-state index in [0.29, 0.717) is 12.4 Å². The van der Waals surface area contributed by atoms with E-state index in [1.165, 1.54) is 12.1 Å². The number of pyridine rings is 2. The van der Waals surface area contributed by atoms with E-state index in [4.69, 9.17) is 4.74 Å². The van der Waals surface area contributed by atoms with Crippen LogP contribution in [0.15, 0.2) is 67.1 Å². The Hall–Kier alpha value is -3.39. The molecule has 0 amide bonds. The number of H-pyrrole nitrogens is 1. The van der Waals surface area contributed by atoms with E-state index in [1.54, 1.807) is 19.5 Å². The summed E-state index contributed by atoms with van der Waals surface area (Å²) in [4.78, 5) is 11.9. The van der Waals surface area contributed by atoms with Crippen molar-refractivity contribution in [2.75, 3.05) is 12.4 Å². The predicted molar refractivity (Wildman–Crippen MR) is 108 cm³/mol. The number of nitrogens with zero attached hydrogens (tertiary/aromatic N) is 2. The van der Waals surface area contributed by atoms with Gasteiger partial charge in [0, 0.05) is 48.8 Å². The molecule has 4 aromatic rings. The molecule has 0 fully saturated rings. The lowest BCUT2D eigenvalue weighted by atomic mass is 10.0. The molecule has 1 unspecified atom stereocenters. The van der Waals surface area contributed by atoms with Gasteiger partial charge in [-0.05, 0) is 35.9 Å². The van der Waals surface area contributed by atoms with Gasteiger partial charge in [-0.15, -0.1) is 0 Å². The third-order valence-corrected chi connectivity index (χ3v) is 4.85. The summed E-state index contributed by atoms with van der Waals surface area (Å²) in [7, 11) is 1.64. The van der Waals surface area contributed by atoms with Crippen LogP contribution in [0.4, 0.5) is 19.0 Å². The van der Waals surface area contributed by atoms with E-state index in [0.717, 1.165) is 39.9 Å². The Morgan fingerprint density at radius 2 is 1.87 bits per heavy atom. The van der Waals surface area contributed by atoms with Crippen molar-refractivity contribution < 1.29 is 17.9 Å². The molecule has 2 N–H and O–H groups in total. The Bertz CT molecular complexity index is 1120. The van der Waals surface area contributed by atoms with Crippen molar-refractivity contribution >= 4 is 16.9 Å². The first-order chi connectivity index (χ1) is 14.5. The van der Waals surface area contributed by atoms with E-state index in [1.807, 2.05) is 30.5 Å². The number of anilines is 1. The third-order valence-electron chi connectivity index (χ3n) is 4.85. The molecule has 0 radical (unpaired) electrons. The number of hydrogen-bond acceptors (Lipinski definition) is 4. The van der Waals surface area contributed by atoms with Crippen molar-refractivity contribution in [3.8, 4) is 0 Å². The molecule has 0 saturated heterocycles. The lowest BCUT2D eigenvalue weighted by Crippen LogP contribution is -2.07. The van der Waals surface area contributed by atoms with E-state index in [-0.39, 0.29) is 6.10 Å². The number of aromatic amines is 1. The van der Waals surface area contributed by atoms with E-state index >= 15 is 0 Å². The van der Waals surface area contributed by atoms with Crippen LogP contribution in [0.5, 0.6) is 0 Å². The summed E-state index contributed by atoms with van der Waals surface area (Å²) in [5.74, 6) is 0.620. The van der Waals surface area contributed by atoms with Crippen LogP contribution in [0.3, 0.4) is 0 Å². The highest BCUT2D eigenvalue weighted by Gasteiger charge is 2.29. The van der Waals surface area contributed by atoms with Gasteiger partial charge >= 0.3 is 6.18 Å². The number of fused-ring (bicyclic) bond motifs is 1. The average molecular weight is 412 g/mol. The quantitative estimate of drug-likeness (QED) is 0.450. The second kappa shape index (κ2) is 8.16. The lowest BCUT2D eigenvalue weighted by Gasteiger charge is -2.15. The summed E-state index contributed by atoms with van der Waals surface area (Å²) in [5.41, 5.74) is 2.70. The maximum absolute atomic E-state index is 12.6. The highest BCUT2D eigenvalue weighted by Crippen LogP contribution is 2.31. The van der Waals surface area contributed by atoms with E-state index in [9.17, 15) is 13.2 Å². The molecule has 0 aliphatic rings. The molecule has 1 aromatic carbocycles. The molecule has 5 nitrogen and oxygen atoms in total. The summed E-state index contributed by atoms with van der Waals surface area (Å²) in [6, 6.07) is 12.6. The first-order valence-electron chi connectivity index (χ1n) is 9.26. The van der Waals surface area contributed by atoms with Crippen molar-refractivity contribution in [1.29, 1.82) is 0 Å². The molecule has 1 atom stereocenters. The number of hydrogen-bond donors (Lipinski definition) is 2. The molecule has 0 bridgehead atoms. The van der Waals surface area contributed by atoms with E-state index in [2.05, 4.69) is 20.3 Å². The van der Waals surface area contributed by atoms with Gasteiger partial charge in [0.2, 0.25) is 0 Å². The van der Waals surface area contributed by atoms with Crippen LogP contribution in [0, 0.1) is 0 Å². The molecule has 8 heteroatoms. The van der Waals surface area contributed by atoms with Gasteiger partial charge in [0.05, 0.1) is 5.56 Å². The lowest BCUT2D eigenvalue weighted by molar-refractivity contribution is -0.137. The molecular formula is C22H19F3N4O. The van der Waals surface area contributed by atoms with Gasteiger partial charge in [-0.2, -0.15) is 13.2 Å². The summed E-state index contributed by atoms with van der Waals surface area (Å²) in [6.45, 7) is 0.367. The van der Waals surface area contributed by atoms with Crippen LogP contribution in [-0.4, -0.2) is 22.1 Å². The summed E-state index contributed by atoms with van der Waals surface area (Å²) >= 11 is 0. The van der Waals surface area contributed by atoms with Crippen LogP contribution in [-0.2, 0) is 17.5 Å². The zero-order chi connectivity index (χ0) is 21.1. The fourth-order valence-corrected chi connectivity index (χ4v) is 3.31. The van der Waals surface area contributed by atoms with Crippen molar-refractivity contribution in [1.82, 2.24) is 15.0 Å². The Morgan fingerprint density at radius 3 is 2.53 bits per heavy atom. The van der Waals surface area contributed by atoms with Gasteiger partial charge in [0.1, 0.15) is 17.6 Å². The van der Waals surface area contributed by atoms with Crippen molar-refractivity contribution in [2.45, 2.75) is 18.8 Å². The normalized spacial score (nSPS) is 12.8. The molecule has 0 spiro atoms. The second-order valence-corrected chi connectivity index (χ2v) is 6.78. The molecule has 3 heterocycles. The monoisotopic (exact) mass is 412 g/mol. The van der Waals surface area contributed by atoms with Gasteiger partial charge in [-0.1, -0.05) is 18.2 Å². The highest BCUT2D eigenvalue weighted by molar-refractivity contribution is 5.80.